The lowest BCUT2D eigenvalue weighted by Crippen LogP contribution is -2.33. The van der Waals surface area contributed by atoms with Crippen LogP contribution in [0.2, 0.25) is 0 Å². The highest BCUT2D eigenvalue weighted by Crippen LogP contribution is 2.45. The molecular formula is C18H24N4O2. The van der Waals surface area contributed by atoms with Gasteiger partial charge in [0.05, 0.1) is 11.4 Å². The molecule has 2 aromatic heterocycles. The molecule has 6 heteroatoms. The quantitative estimate of drug-likeness (QED) is 0.694. The summed E-state index contributed by atoms with van der Waals surface area (Å²) < 4.78 is 10.4. The Labute approximate surface area is 143 Å². The summed E-state index contributed by atoms with van der Waals surface area (Å²) in [4.78, 5) is 13.7. The summed E-state index contributed by atoms with van der Waals surface area (Å²) in [5, 5.41) is 0. The zero-order valence-electron chi connectivity index (χ0n) is 14.3. The summed E-state index contributed by atoms with van der Waals surface area (Å²) in [6.07, 6.45) is 5.54. The van der Waals surface area contributed by atoms with Crippen molar-refractivity contribution in [1.29, 1.82) is 0 Å². The van der Waals surface area contributed by atoms with Gasteiger partial charge in [0.2, 0.25) is 0 Å². The van der Waals surface area contributed by atoms with E-state index in [1.807, 2.05) is 24.5 Å². The molecule has 0 N–H and O–H groups in total. The molecule has 0 amide bonds. The van der Waals surface area contributed by atoms with Crippen LogP contribution in [0.15, 0.2) is 36.7 Å². The van der Waals surface area contributed by atoms with Crippen molar-refractivity contribution in [2.75, 3.05) is 50.3 Å². The SMILES string of the molecule is COCCCN1c2cccnc2N(CCCOC)c2ncccc21. The van der Waals surface area contributed by atoms with Crippen LogP contribution < -0.4 is 9.80 Å². The van der Waals surface area contributed by atoms with E-state index in [0.717, 1.165) is 62.2 Å². The molecule has 3 heterocycles. The van der Waals surface area contributed by atoms with Crippen molar-refractivity contribution in [2.24, 2.45) is 0 Å². The molecule has 3 rings (SSSR count). The fourth-order valence-electron chi connectivity index (χ4n) is 3.03. The number of pyridine rings is 2. The van der Waals surface area contributed by atoms with Gasteiger partial charge < -0.3 is 19.3 Å². The molecule has 0 unspecified atom stereocenters. The Morgan fingerprint density at radius 2 is 1.29 bits per heavy atom. The van der Waals surface area contributed by atoms with Gasteiger partial charge in [0.1, 0.15) is 0 Å². The van der Waals surface area contributed by atoms with Crippen LogP contribution in [0, 0.1) is 0 Å². The molecule has 24 heavy (non-hydrogen) atoms. The van der Waals surface area contributed by atoms with E-state index in [4.69, 9.17) is 9.47 Å². The van der Waals surface area contributed by atoms with Gasteiger partial charge in [-0.05, 0) is 37.1 Å². The Morgan fingerprint density at radius 1 is 0.792 bits per heavy atom. The summed E-state index contributed by atoms with van der Waals surface area (Å²) in [6.45, 7) is 3.16. The lowest BCUT2D eigenvalue weighted by molar-refractivity contribution is 0.196. The topological polar surface area (TPSA) is 50.7 Å². The number of methoxy groups -OCH3 is 2. The number of fused-ring (bicyclic) bond motifs is 2. The number of aromatic nitrogens is 2. The van der Waals surface area contributed by atoms with E-state index < -0.39 is 0 Å². The molecule has 0 saturated heterocycles. The van der Waals surface area contributed by atoms with Crippen LogP contribution in [0.5, 0.6) is 0 Å². The van der Waals surface area contributed by atoms with Crippen LogP contribution >= 0.6 is 0 Å². The monoisotopic (exact) mass is 328 g/mol. The number of nitrogens with zero attached hydrogens (tertiary/aromatic N) is 4. The minimum absolute atomic E-state index is 0.721. The molecular weight excluding hydrogens is 304 g/mol. The molecule has 1 aliphatic heterocycles. The van der Waals surface area contributed by atoms with Gasteiger partial charge in [0.25, 0.3) is 0 Å². The lowest BCUT2D eigenvalue weighted by Gasteiger charge is -2.38. The molecule has 0 saturated carbocycles. The first-order valence-electron chi connectivity index (χ1n) is 8.30. The van der Waals surface area contributed by atoms with Gasteiger partial charge in [-0.3, -0.25) is 0 Å². The Balaban J connectivity index is 1.96. The van der Waals surface area contributed by atoms with E-state index in [1.165, 1.54) is 0 Å². The van der Waals surface area contributed by atoms with Crippen LogP contribution in [-0.4, -0.2) is 50.5 Å². The third kappa shape index (κ3) is 3.34. The zero-order valence-corrected chi connectivity index (χ0v) is 14.3. The summed E-state index contributed by atoms with van der Waals surface area (Å²) in [5.74, 6) is 1.91. The average molecular weight is 328 g/mol. The standard InChI is InChI=1S/C18H24N4O2/c1-23-13-5-11-21-15-7-3-9-19-17(15)22(12-6-14-24-2)18-16(21)8-4-10-20-18/h3-4,7-10H,5-6,11-14H2,1-2H3. The maximum absolute atomic E-state index is 5.21. The highest BCUT2D eigenvalue weighted by molar-refractivity contribution is 5.89. The van der Waals surface area contributed by atoms with E-state index in [-0.39, 0.29) is 0 Å². The molecule has 0 atom stereocenters. The molecule has 0 radical (unpaired) electrons. The minimum atomic E-state index is 0.721. The molecule has 2 aromatic rings. The van der Waals surface area contributed by atoms with Crippen LogP contribution in [0.3, 0.4) is 0 Å². The van der Waals surface area contributed by atoms with Crippen molar-refractivity contribution in [2.45, 2.75) is 12.8 Å². The third-order valence-electron chi connectivity index (χ3n) is 4.09. The van der Waals surface area contributed by atoms with Gasteiger partial charge in [0, 0.05) is 52.9 Å². The molecule has 6 nitrogen and oxygen atoms in total. The Morgan fingerprint density at radius 3 is 1.79 bits per heavy atom. The van der Waals surface area contributed by atoms with Crippen molar-refractivity contribution < 1.29 is 9.47 Å². The fraction of sp³-hybridized carbons (Fsp3) is 0.444. The van der Waals surface area contributed by atoms with Crippen molar-refractivity contribution in [3.8, 4) is 0 Å². The minimum Gasteiger partial charge on any atom is -0.385 e. The highest BCUT2D eigenvalue weighted by atomic mass is 16.5. The van der Waals surface area contributed by atoms with Crippen LogP contribution in [-0.2, 0) is 9.47 Å². The molecule has 0 aliphatic carbocycles. The Kier molecular flexibility index (Phi) is 5.61. The smallest absolute Gasteiger partial charge is 0.158 e. The largest absolute Gasteiger partial charge is 0.385 e. The van der Waals surface area contributed by atoms with Gasteiger partial charge in [-0.1, -0.05) is 0 Å². The Hall–Kier alpha value is -2.18. The van der Waals surface area contributed by atoms with E-state index in [1.54, 1.807) is 14.2 Å². The van der Waals surface area contributed by atoms with Crippen molar-refractivity contribution in [1.82, 2.24) is 9.97 Å². The Bertz CT molecular complexity index is 561. The molecule has 0 aromatic carbocycles. The molecule has 128 valence electrons. The summed E-state index contributed by atoms with van der Waals surface area (Å²) in [6, 6.07) is 8.20. The van der Waals surface area contributed by atoms with E-state index >= 15 is 0 Å². The summed E-state index contributed by atoms with van der Waals surface area (Å²) >= 11 is 0. The molecule has 0 spiro atoms. The number of hydrogen-bond acceptors (Lipinski definition) is 6. The number of anilines is 4. The van der Waals surface area contributed by atoms with Gasteiger partial charge >= 0.3 is 0 Å². The van der Waals surface area contributed by atoms with Crippen molar-refractivity contribution >= 4 is 23.0 Å². The summed E-state index contributed by atoms with van der Waals surface area (Å²) in [7, 11) is 3.46. The molecule has 0 fully saturated rings. The van der Waals surface area contributed by atoms with Gasteiger partial charge in [0.15, 0.2) is 11.6 Å². The molecule has 1 aliphatic rings. The van der Waals surface area contributed by atoms with Gasteiger partial charge in [-0.15, -0.1) is 0 Å². The van der Waals surface area contributed by atoms with Crippen LogP contribution in [0.25, 0.3) is 0 Å². The van der Waals surface area contributed by atoms with E-state index in [2.05, 4.69) is 31.9 Å². The first-order valence-corrected chi connectivity index (χ1v) is 8.30. The predicted molar refractivity (Wildman–Crippen MR) is 95.5 cm³/mol. The first kappa shape index (κ1) is 16.7. The van der Waals surface area contributed by atoms with Gasteiger partial charge in [-0.25, -0.2) is 9.97 Å². The second-order valence-corrected chi connectivity index (χ2v) is 5.69. The summed E-state index contributed by atoms with van der Waals surface area (Å²) in [5.41, 5.74) is 2.23. The first-order chi connectivity index (χ1) is 11.9. The maximum atomic E-state index is 5.21. The van der Waals surface area contributed by atoms with E-state index in [9.17, 15) is 0 Å². The van der Waals surface area contributed by atoms with Crippen molar-refractivity contribution in [3.05, 3.63) is 36.7 Å². The fourth-order valence-corrected chi connectivity index (χ4v) is 3.03. The number of rotatable bonds is 8. The lowest BCUT2D eigenvalue weighted by atomic mass is 10.1. The number of ether oxygens (including phenoxy) is 2. The number of hydrogen-bond donors (Lipinski definition) is 0. The van der Waals surface area contributed by atoms with Gasteiger partial charge in [-0.2, -0.15) is 0 Å². The second-order valence-electron chi connectivity index (χ2n) is 5.69. The second kappa shape index (κ2) is 8.08. The normalized spacial score (nSPS) is 12.9. The van der Waals surface area contributed by atoms with E-state index in [0.29, 0.717) is 0 Å². The van der Waals surface area contributed by atoms with Crippen LogP contribution in [0.4, 0.5) is 23.0 Å². The van der Waals surface area contributed by atoms with Crippen molar-refractivity contribution in [3.63, 3.8) is 0 Å². The third-order valence-corrected chi connectivity index (χ3v) is 4.09. The molecule has 0 bridgehead atoms. The predicted octanol–water partition coefficient (Wildman–Crippen LogP) is 3.14. The maximum Gasteiger partial charge on any atom is 0.158 e. The van der Waals surface area contributed by atoms with Crippen LogP contribution in [0.1, 0.15) is 12.8 Å². The average Bonchev–Trinajstić information content (AvgIpc) is 2.63. The zero-order chi connectivity index (χ0) is 16.8. The highest BCUT2D eigenvalue weighted by Gasteiger charge is 2.29.